The van der Waals surface area contributed by atoms with Crippen molar-refractivity contribution in [2.24, 2.45) is 0 Å². The Morgan fingerprint density at radius 2 is 1.88 bits per heavy atom. The van der Waals surface area contributed by atoms with Crippen LogP contribution in [0.25, 0.3) is 11.0 Å². The van der Waals surface area contributed by atoms with Gasteiger partial charge in [0, 0.05) is 18.5 Å². The fourth-order valence-electron chi connectivity index (χ4n) is 2.47. The van der Waals surface area contributed by atoms with Crippen molar-refractivity contribution in [1.29, 1.82) is 0 Å². The van der Waals surface area contributed by atoms with Gasteiger partial charge in [-0.2, -0.15) is 13.2 Å². The monoisotopic (exact) mass is 361 g/mol. The Bertz CT molecular complexity index is 1010. The van der Waals surface area contributed by atoms with Crippen molar-refractivity contribution in [3.8, 4) is 0 Å². The fraction of sp³-hybridized carbons (Fsp3) is 0.167. The van der Waals surface area contributed by atoms with Crippen molar-refractivity contribution in [3.05, 3.63) is 70.1 Å². The van der Waals surface area contributed by atoms with E-state index in [0.717, 1.165) is 12.1 Å². The lowest BCUT2D eigenvalue weighted by Crippen LogP contribution is -2.19. The second kappa shape index (κ2) is 6.99. The number of aromatic amines is 1. The molecule has 1 heterocycles. The molecule has 3 rings (SSSR count). The number of hydrogen-bond donors (Lipinski definition) is 2. The second-order valence-corrected chi connectivity index (χ2v) is 5.66. The van der Waals surface area contributed by atoms with E-state index >= 15 is 0 Å². The molecule has 2 N–H and O–H groups in total. The molecule has 0 atom stereocenters. The van der Waals surface area contributed by atoms with Gasteiger partial charge in [-0.05, 0) is 30.3 Å². The zero-order chi connectivity index (χ0) is 18.7. The minimum atomic E-state index is -4.48. The van der Waals surface area contributed by atoms with Gasteiger partial charge in [0.2, 0.25) is 5.91 Å². The lowest BCUT2D eigenvalue weighted by molar-refractivity contribution is -0.137. The van der Waals surface area contributed by atoms with Gasteiger partial charge < -0.3 is 10.3 Å². The van der Waals surface area contributed by atoms with E-state index in [1.54, 1.807) is 24.3 Å². The summed E-state index contributed by atoms with van der Waals surface area (Å²) in [5.74, 6) is -0.501. The van der Waals surface area contributed by atoms with Crippen LogP contribution in [0.5, 0.6) is 0 Å². The van der Waals surface area contributed by atoms with E-state index < -0.39 is 23.2 Å². The summed E-state index contributed by atoms with van der Waals surface area (Å²) in [5.41, 5.74) is 0.196. The SMILES string of the molecule is O=C(CCc1nc2ccccc2[nH]c1=O)Nc1cccc(C(F)(F)F)c1. The highest BCUT2D eigenvalue weighted by Gasteiger charge is 2.30. The minimum absolute atomic E-state index is 0.0465. The second-order valence-electron chi connectivity index (χ2n) is 5.66. The van der Waals surface area contributed by atoms with Crippen LogP contribution in [0.4, 0.5) is 18.9 Å². The van der Waals surface area contributed by atoms with Crippen LogP contribution in [0, 0.1) is 0 Å². The number of H-pyrrole nitrogens is 1. The van der Waals surface area contributed by atoms with Gasteiger partial charge in [0.25, 0.3) is 5.56 Å². The van der Waals surface area contributed by atoms with E-state index in [1.807, 2.05) is 0 Å². The average molecular weight is 361 g/mol. The Morgan fingerprint density at radius 1 is 1.12 bits per heavy atom. The number of carbonyl (C=O) groups is 1. The maximum absolute atomic E-state index is 12.7. The van der Waals surface area contributed by atoms with Gasteiger partial charge in [0.05, 0.1) is 16.6 Å². The third-order valence-electron chi connectivity index (χ3n) is 3.73. The van der Waals surface area contributed by atoms with Gasteiger partial charge >= 0.3 is 6.18 Å². The van der Waals surface area contributed by atoms with E-state index in [2.05, 4.69) is 15.3 Å². The summed E-state index contributed by atoms with van der Waals surface area (Å²) in [4.78, 5) is 30.9. The molecule has 5 nitrogen and oxygen atoms in total. The molecule has 2 aromatic carbocycles. The molecule has 0 saturated carbocycles. The maximum Gasteiger partial charge on any atom is 0.416 e. The number of hydrogen-bond acceptors (Lipinski definition) is 3. The van der Waals surface area contributed by atoms with E-state index in [9.17, 15) is 22.8 Å². The van der Waals surface area contributed by atoms with E-state index in [4.69, 9.17) is 0 Å². The first-order chi connectivity index (χ1) is 12.3. The number of aromatic nitrogens is 2. The van der Waals surface area contributed by atoms with Crippen molar-refractivity contribution >= 4 is 22.6 Å². The van der Waals surface area contributed by atoms with Crippen LogP contribution < -0.4 is 10.9 Å². The number of nitrogens with one attached hydrogen (secondary N) is 2. The molecule has 26 heavy (non-hydrogen) atoms. The molecular weight excluding hydrogens is 347 g/mol. The van der Waals surface area contributed by atoms with Gasteiger partial charge in [-0.1, -0.05) is 18.2 Å². The highest BCUT2D eigenvalue weighted by molar-refractivity contribution is 5.90. The maximum atomic E-state index is 12.7. The number of alkyl halides is 3. The van der Waals surface area contributed by atoms with Crippen LogP contribution in [-0.4, -0.2) is 15.9 Å². The van der Waals surface area contributed by atoms with Crippen molar-refractivity contribution < 1.29 is 18.0 Å². The number of para-hydroxylation sites is 2. The van der Waals surface area contributed by atoms with Crippen LogP contribution in [0.3, 0.4) is 0 Å². The topological polar surface area (TPSA) is 74.8 Å². The van der Waals surface area contributed by atoms with E-state index in [-0.39, 0.29) is 24.2 Å². The van der Waals surface area contributed by atoms with Crippen molar-refractivity contribution in [2.75, 3.05) is 5.32 Å². The van der Waals surface area contributed by atoms with Crippen molar-refractivity contribution in [1.82, 2.24) is 9.97 Å². The first-order valence-corrected chi connectivity index (χ1v) is 7.78. The summed E-state index contributed by atoms with van der Waals surface area (Å²) < 4.78 is 38.1. The van der Waals surface area contributed by atoms with Crippen LogP contribution in [-0.2, 0) is 17.4 Å². The third kappa shape index (κ3) is 4.08. The predicted octanol–water partition coefficient (Wildman–Crippen LogP) is 3.51. The lowest BCUT2D eigenvalue weighted by Gasteiger charge is -2.09. The summed E-state index contributed by atoms with van der Waals surface area (Å²) in [6, 6.07) is 11.4. The van der Waals surface area contributed by atoms with Crippen molar-refractivity contribution in [3.63, 3.8) is 0 Å². The first-order valence-electron chi connectivity index (χ1n) is 7.78. The van der Waals surface area contributed by atoms with Crippen LogP contribution in [0.15, 0.2) is 53.3 Å². The number of aryl methyl sites for hydroxylation is 1. The number of amides is 1. The first kappa shape index (κ1) is 17.7. The Kier molecular flexibility index (Phi) is 4.75. The molecule has 0 aliphatic heterocycles. The molecule has 0 aliphatic carbocycles. The van der Waals surface area contributed by atoms with Crippen LogP contribution in [0.2, 0.25) is 0 Å². The highest BCUT2D eigenvalue weighted by Crippen LogP contribution is 2.30. The largest absolute Gasteiger partial charge is 0.416 e. The molecule has 0 fully saturated rings. The van der Waals surface area contributed by atoms with E-state index in [0.29, 0.717) is 11.0 Å². The van der Waals surface area contributed by atoms with Crippen LogP contribution >= 0.6 is 0 Å². The highest BCUT2D eigenvalue weighted by atomic mass is 19.4. The Balaban J connectivity index is 1.68. The minimum Gasteiger partial charge on any atom is -0.326 e. The molecule has 0 unspecified atom stereocenters. The lowest BCUT2D eigenvalue weighted by atomic mass is 10.2. The standard InChI is InChI=1S/C18H14F3N3O2/c19-18(20,21)11-4-3-5-12(10-11)22-16(25)9-8-15-17(26)24-14-7-2-1-6-13(14)23-15/h1-7,10H,8-9H2,(H,22,25)(H,24,26). The number of carbonyl (C=O) groups excluding carboxylic acids is 1. The number of benzene rings is 2. The summed E-state index contributed by atoms with van der Waals surface area (Å²) >= 11 is 0. The molecule has 0 spiro atoms. The average Bonchev–Trinajstić information content (AvgIpc) is 2.59. The van der Waals surface area contributed by atoms with Crippen LogP contribution in [0.1, 0.15) is 17.7 Å². The summed E-state index contributed by atoms with van der Waals surface area (Å²) in [7, 11) is 0. The molecule has 0 aliphatic rings. The van der Waals surface area contributed by atoms with Gasteiger partial charge in [-0.25, -0.2) is 4.98 Å². The van der Waals surface area contributed by atoms with Crippen molar-refractivity contribution in [2.45, 2.75) is 19.0 Å². The zero-order valence-corrected chi connectivity index (χ0v) is 13.4. The number of fused-ring (bicyclic) bond motifs is 1. The molecule has 134 valence electrons. The summed E-state index contributed by atoms with van der Waals surface area (Å²) in [5, 5.41) is 2.40. The Labute approximate surface area is 145 Å². The molecular formula is C18H14F3N3O2. The number of halogens is 3. The molecule has 1 amide bonds. The smallest absolute Gasteiger partial charge is 0.326 e. The Morgan fingerprint density at radius 3 is 2.65 bits per heavy atom. The number of rotatable bonds is 4. The zero-order valence-electron chi connectivity index (χ0n) is 13.4. The molecule has 0 radical (unpaired) electrons. The number of nitrogens with zero attached hydrogens (tertiary/aromatic N) is 1. The predicted molar refractivity (Wildman–Crippen MR) is 90.8 cm³/mol. The summed E-state index contributed by atoms with van der Waals surface area (Å²) in [6.07, 6.45) is -4.49. The fourth-order valence-corrected chi connectivity index (χ4v) is 2.47. The van der Waals surface area contributed by atoms with Gasteiger partial charge in [-0.3, -0.25) is 9.59 Å². The molecule has 3 aromatic rings. The van der Waals surface area contributed by atoms with Gasteiger partial charge in [0.1, 0.15) is 5.69 Å². The Hall–Kier alpha value is -3.16. The van der Waals surface area contributed by atoms with E-state index in [1.165, 1.54) is 12.1 Å². The third-order valence-corrected chi connectivity index (χ3v) is 3.73. The molecule has 0 bridgehead atoms. The quantitative estimate of drug-likeness (QED) is 0.747. The molecule has 8 heteroatoms. The summed E-state index contributed by atoms with van der Waals surface area (Å²) in [6.45, 7) is 0. The molecule has 1 aromatic heterocycles. The molecule has 0 saturated heterocycles. The number of anilines is 1. The van der Waals surface area contributed by atoms with Gasteiger partial charge in [-0.15, -0.1) is 0 Å². The van der Waals surface area contributed by atoms with Gasteiger partial charge in [0.15, 0.2) is 0 Å². The normalized spacial score (nSPS) is 11.5.